The Hall–Kier alpha value is -1.52. The van der Waals surface area contributed by atoms with E-state index in [1.54, 1.807) is 4.90 Å². The molecule has 1 N–H and O–H groups in total. The molecule has 18 heavy (non-hydrogen) atoms. The maximum atomic E-state index is 12.0. The number of hydrogen-bond donors (Lipinski definition) is 1. The third-order valence-electron chi connectivity index (χ3n) is 2.89. The van der Waals surface area contributed by atoms with Crippen molar-refractivity contribution in [1.82, 2.24) is 10.2 Å². The Kier molecular flexibility index (Phi) is 4.38. The molecule has 1 heterocycles. The Morgan fingerprint density at radius 1 is 1.61 bits per heavy atom. The molecule has 1 aliphatic heterocycles. The number of carbonyl (C=O) groups is 2. The second-order valence-electron chi connectivity index (χ2n) is 5.66. The van der Waals surface area contributed by atoms with E-state index in [4.69, 9.17) is 4.74 Å². The standard InChI is InChI=1S/C13H22N2O3/c1-6-7-18-12(17)15-9(2)8-10(16)14-11(15)13(3,4)5/h6,9,11H,1,7-8H2,2-5H3,(H,14,16)/t9-,11+/m0/s1. The Labute approximate surface area is 108 Å². The van der Waals surface area contributed by atoms with E-state index in [0.29, 0.717) is 6.42 Å². The number of nitrogens with zero attached hydrogens (tertiary/aromatic N) is 1. The second kappa shape index (κ2) is 5.42. The van der Waals surface area contributed by atoms with Crippen molar-refractivity contribution in [3.8, 4) is 0 Å². The molecule has 5 nitrogen and oxygen atoms in total. The first-order valence-corrected chi connectivity index (χ1v) is 6.12. The van der Waals surface area contributed by atoms with Crippen LogP contribution in [0.3, 0.4) is 0 Å². The first-order chi connectivity index (χ1) is 8.27. The van der Waals surface area contributed by atoms with Crippen molar-refractivity contribution < 1.29 is 14.3 Å². The smallest absolute Gasteiger partial charge is 0.412 e. The predicted molar refractivity (Wildman–Crippen MR) is 68.8 cm³/mol. The van der Waals surface area contributed by atoms with E-state index in [2.05, 4.69) is 11.9 Å². The van der Waals surface area contributed by atoms with Crippen LogP contribution in [0.2, 0.25) is 0 Å². The molecule has 0 aromatic carbocycles. The summed E-state index contributed by atoms with van der Waals surface area (Å²) in [5.74, 6) is -0.0322. The topological polar surface area (TPSA) is 58.6 Å². The zero-order valence-corrected chi connectivity index (χ0v) is 11.5. The minimum Gasteiger partial charge on any atom is -0.445 e. The van der Waals surface area contributed by atoms with Crippen LogP contribution >= 0.6 is 0 Å². The average molecular weight is 254 g/mol. The molecule has 0 aromatic heterocycles. The van der Waals surface area contributed by atoms with Crippen LogP contribution in [0, 0.1) is 5.41 Å². The predicted octanol–water partition coefficient (Wildman–Crippen LogP) is 1.89. The van der Waals surface area contributed by atoms with Crippen molar-refractivity contribution in [3.63, 3.8) is 0 Å². The van der Waals surface area contributed by atoms with Crippen LogP contribution in [-0.4, -0.2) is 35.7 Å². The molecule has 0 spiro atoms. The molecule has 0 bridgehead atoms. The van der Waals surface area contributed by atoms with Gasteiger partial charge in [-0.25, -0.2) is 4.79 Å². The van der Waals surface area contributed by atoms with Gasteiger partial charge >= 0.3 is 6.09 Å². The lowest BCUT2D eigenvalue weighted by Crippen LogP contribution is -2.64. The van der Waals surface area contributed by atoms with Crippen LogP contribution in [-0.2, 0) is 9.53 Å². The van der Waals surface area contributed by atoms with Crippen molar-refractivity contribution >= 4 is 12.0 Å². The van der Waals surface area contributed by atoms with Gasteiger partial charge < -0.3 is 10.1 Å². The Bertz CT molecular complexity index is 347. The van der Waals surface area contributed by atoms with E-state index < -0.39 is 6.09 Å². The van der Waals surface area contributed by atoms with Gasteiger partial charge in [0.2, 0.25) is 5.91 Å². The van der Waals surface area contributed by atoms with Crippen LogP contribution < -0.4 is 5.32 Å². The molecule has 0 radical (unpaired) electrons. The summed E-state index contributed by atoms with van der Waals surface area (Å²) in [7, 11) is 0. The van der Waals surface area contributed by atoms with E-state index in [0.717, 1.165) is 0 Å². The monoisotopic (exact) mass is 254 g/mol. The highest BCUT2D eigenvalue weighted by molar-refractivity contribution is 5.80. The molecule has 2 atom stereocenters. The van der Waals surface area contributed by atoms with Crippen LogP contribution in [0.25, 0.3) is 0 Å². The van der Waals surface area contributed by atoms with Gasteiger partial charge in [0, 0.05) is 17.9 Å². The second-order valence-corrected chi connectivity index (χ2v) is 5.66. The highest BCUT2D eigenvalue weighted by Gasteiger charge is 2.42. The normalized spacial score (nSPS) is 24.4. The van der Waals surface area contributed by atoms with E-state index in [9.17, 15) is 9.59 Å². The summed E-state index contributed by atoms with van der Waals surface area (Å²) < 4.78 is 5.08. The highest BCUT2D eigenvalue weighted by Crippen LogP contribution is 2.28. The SMILES string of the molecule is C=CCOC(=O)N1[C@H](C(C)(C)C)NC(=O)C[C@@H]1C. The summed E-state index contributed by atoms with van der Waals surface area (Å²) in [4.78, 5) is 25.2. The minimum atomic E-state index is -0.415. The molecule has 5 heteroatoms. The van der Waals surface area contributed by atoms with E-state index in [1.165, 1.54) is 6.08 Å². The fourth-order valence-corrected chi connectivity index (χ4v) is 2.03. The quantitative estimate of drug-likeness (QED) is 0.766. The fourth-order valence-electron chi connectivity index (χ4n) is 2.03. The molecule has 0 saturated carbocycles. The van der Waals surface area contributed by atoms with Gasteiger partial charge in [0.1, 0.15) is 12.8 Å². The first kappa shape index (κ1) is 14.5. The maximum Gasteiger partial charge on any atom is 0.412 e. The first-order valence-electron chi connectivity index (χ1n) is 6.12. The Morgan fingerprint density at radius 2 is 2.22 bits per heavy atom. The molecule has 102 valence electrons. The van der Waals surface area contributed by atoms with Crippen molar-refractivity contribution in [1.29, 1.82) is 0 Å². The number of amides is 2. The number of hydrogen-bond acceptors (Lipinski definition) is 3. The molecule has 1 rings (SSSR count). The van der Waals surface area contributed by atoms with Crippen molar-refractivity contribution in [2.45, 2.75) is 46.3 Å². The van der Waals surface area contributed by atoms with Crippen molar-refractivity contribution in [2.24, 2.45) is 5.41 Å². The molecule has 0 aromatic rings. The maximum absolute atomic E-state index is 12.0. The summed E-state index contributed by atoms with van der Waals surface area (Å²) >= 11 is 0. The van der Waals surface area contributed by atoms with Gasteiger partial charge in [0.15, 0.2) is 0 Å². The highest BCUT2D eigenvalue weighted by atomic mass is 16.6. The lowest BCUT2D eigenvalue weighted by molar-refractivity contribution is -0.130. The number of nitrogens with one attached hydrogen (secondary N) is 1. The molecular weight excluding hydrogens is 232 g/mol. The fraction of sp³-hybridized carbons (Fsp3) is 0.692. The van der Waals surface area contributed by atoms with Gasteiger partial charge in [0.05, 0.1) is 0 Å². The molecular formula is C13H22N2O3. The van der Waals surface area contributed by atoms with E-state index >= 15 is 0 Å². The van der Waals surface area contributed by atoms with Gasteiger partial charge in [-0.05, 0) is 6.92 Å². The lowest BCUT2D eigenvalue weighted by atomic mass is 9.88. The van der Waals surface area contributed by atoms with E-state index in [-0.39, 0.29) is 30.1 Å². The van der Waals surface area contributed by atoms with Gasteiger partial charge in [0.25, 0.3) is 0 Å². The molecule has 1 saturated heterocycles. The summed E-state index contributed by atoms with van der Waals surface area (Å²) in [6.45, 7) is 11.5. The van der Waals surface area contributed by atoms with Gasteiger partial charge in [-0.15, -0.1) is 0 Å². The molecule has 2 amide bonds. The van der Waals surface area contributed by atoms with Gasteiger partial charge in [-0.2, -0.15) is 0 Å². The minimum absolute atomic E-state index is 0.0322. The third-order valence-corrected chi connectivity index (χ3v) is 2.89. The number of carbonyl (C=O) groups excluding carboxylic acids is 2. The van der Waals surface area contributed by atoms with Gasteiger partial charge in [-0.3, -0.25) is 9.69 Å². The zero-order chi connectivity index (χ0) is 13.9. The Morgan fingerprint density at radius 3 is 2.72 bits per heavy atom. The summed E-state index contributed by atoms with van der Waals surface area (Å²) in [6, 6.07) is -0.166. The summed E-state index contributed by atoms with van der Waals surface area (Å²) in [5.41, 5.74) is -0.252. The van der Waals surface area contributed by atoms with Crippen LogP contribution in [0.4, 0.5) is 4.79 Å². The van der Waals surface area contributed by atoms with Crippen molar-refractivity contribution in [2.75, 3.05) is 6.61 Å². The largest absolute Gasteiger partial charge is 0.445 e. The summed E-state index contributed by atoms with van der Waals surface area (Å²) in [6.07, 6.45) is 1.06. The molecule has 1 aliphatic rings. The van der Waals surface area contributed by atoms with Crippen LogP contribution in [0.1, 0.15) is 34.1 Å². The molecule has 0 unspecified atom stereocenters. The average Bonchev–Trinajstić information content (AvgIpc) is 2.23. The molecule has 0 aliphatic carbocycles. The third kappa shape index (κ3) is 3.24. The molecule has 1 fully saturated rings. The van der Waals surface area contributed by atoms with E-state index in [1.807, 2.05) is 27.7 Å². The van der Waals surface area contributed by atoms with Gasteiger partial charge in [-0.1, -0.05) is 33.4 Å². The van der Waals surface area contributed by atoms with Crippen LogP contribution in [0.5, 0.6) is 0 Å². The van der Waals surface area contributed by atoms with Crippen molar-refractivity contribution in [3.05, 3.63) is 12.7 Å². The Balaban J connectivity index is 2.91. The van der Waals surface area contributed by atoms with Crippen LogP contribution in [0.15, 0.2) is 12.7 Å². The number of rotatable bonds is 2. The summed E-state index contributed by atoms with van der Waals surface area (Å²) in [5, 5.41) is 2.85. The lowest BCUT2D eigenvalue weighted by Gasteiger charge is -2.45. The number of ether oxygens (including phenoxy) is 1. The zero-order valence-electron chi connectivity index (χ0n) is 11.5.